The van der Waals surface area contributed by atoms with Gasteiger partial charge in [-0.1, -0.05) is 17.3 Å². The molecule has 0 saturated heterocycles. The first-order chi connectivity index (χ1) is 12.5. The lowest BCUT2D eigenvalue weighted by Crippen LogP contribution is -2.15. The van der Waals surface area contributed by atoms with Gasteiger partial charge in [0.25, 0.3) is 5.89 Å². The molecule has 3 heterocycles. The Morgan fingerprint density at radius 2 is 1.96 bits per heavy atom. The Morgan fingerprint density at radius 3 is 2.69 bits per heavy atom. The van der Waals surface area contributed by atoms with Gasteiger partial charge in [-0.25, -0.2) is 4.79 Å². The lowest BCUT2D eigenvalue weighted by atomic mass is 10.1. The standard InChI is InChI=1S/C19H17N5O2/c1-11-7-16(20-9-12(11)2)18-22-17(23-26-18)14-5-4-6-15(8-14)24-13(3)10-21-19(24)25/h4-10H,1-3H3,(H,21,25). The van der Waals surface area contributed by atoms with Crippen LogP contribution in [-0.2, 0) is 0 Å². The van der Waals surface area contributed by atoms with Gasteiger partial charge < -0.3 is 9.51 Å². The molecular formula is C19H17N5O2. The van der Waals surface area contributed by atoms with E-state index < -0.39 is 0 Å². The van der Waals surface area contributed by atoms with Crippen molar-refractivity contribution in [3.63, 3.8) is 0 Å². The number of aromatic nitrogens is 5. The zero-order chi connectivity index (χ0) is 18.3. The highest BCUT2D eigenvalue weighted by molar-refractivity contribution is 5.61. The van der Waals surface area contributed by atoms with Gasteiger partial charge >= 0.3 is 5.69 Å². The quantitative estimate of drug-likeness (QED) is 0.615. The van der Waals surface area contributed by atoms with Crippen LogP contribution in [0.1, 0.15) is 16.8 Å². The first kappa shape index (κ1) is 16.0. The van der Waals surface area contributed by atoms with E-state index in [0.29, 0.717) is 17.4 Å². The van der Waals surface area contributed by atoms with Gasteiger partial charge in [0.05, 0.1) is 5.69 Å². The fraction of sp³-hybridized carbons (Fsp3) is 0.158. The van der Waals surface area contributed by atoms with Gasteiger partial charge in [0.15, 0.2) is 0 Å². The minimum absolute atomic E-state index is 0.187. The minimum atomic E-state index is -0.187. The molecule has 26 heavy (non-hydrogen) atoms. The van der Waals surface area contributed by atoms with Gasteiger partial charge in [-0.2, -0.15) is 4.98 Å². The molecule has 7 heteroatoms. The van der Waals surface area contributed by atoms with Gasteiger partial charge in [-0.05, 0) is 50.1 Å². The van der Waals surface area contributed by atoms with Gasteiger partial charge in [-0.15, -0.1) is 0 Å². The molecule has 0 spiro atoms. The fourth-order valence-electron chi connectivity index (χ4n) is 2.75. The maximum atomic E-state index is 12.0. The first-order valence-corrected chi connectivity index (χ1v) is 8.18. The molecule has 0 fully saturated rings. The van der Waals surface area contributed by atoms with Crippen molar-refractivity contribution in [2.24, 2.45) is 0 Å². The summed E-state index contributed by atoms with van der Waals surface area (Å²) >= 11 is 0. The molecule has 4 aromatic rings. The van der Waals surface area contributed by atoms with E-state index in [0.717, 1.165) is 28.1 Å². The van der Waals surface area contributed by atoms with Gasteiger partial charge in [0, 0.05) is 23.7 Å². The third-order valence-electron chi connectivity index (χ3n) is 4.34. The molecule has 0 aliphatic carbocycles. The summed E-state index contributed by atoms with van der Waals surface area (Å²) in [7, 11) is 0. The second-order valence-corrected chi connectivity index (χ2v) is 6.20. The number of nitrogens with one attached hydrogen (secondary N) is 1. The van der Waals surface area contributed by atoms with E-state index in [1.165, 1.54) is 0 Å². The van der Waals surface area contributed by atoms with Crippen LogP contribution in [0.3, 0.4) is 0 Å². The number of pyridine rings is 1. The normalized spacial score (nSPS) is 11.0. The van der Waals surface area contributed by atoms with Crippen molar-refractivity contribution in [1.82, 2.24) is 24.7 Å². The summed E-state index contributed by atoms with van der Waals surface area (Å²) in [5.74, 6) is 0.812. The van der Waals surface area contributed by atoms with E-state index in [1.807, 2.05) is 51.1 Å². The van der Waals surface area contributed by atoms with Crippen LogP contribution in [0.5, 0.6) is 0 Å². The number of aryl methyl sites for hydroxylation is 3. The topological polar surface area (TPSA) is 89.6 Å². The largest absolute Gasteiger partial charge is 0.332 e. The molecule has 4 rings (SSSR count). The Labute approximate surface area is 149 Å². The van der Waals surface area contributed by atoms with Crippen LogP contribution in [0.25, 0.3) is 28.7 Å². The Morgan fingerprint density at radius 1 is 1.12 bits per heavy atom. The highest BCUT2D eigenvalue weighted by atomic mass is 16.5. The molecule has 1 aromatic carbocycles. The van der Waals surface area contributed by atoms with Crippen LogP contribution < -0.4 is 5.69 Å². The molecule has 0 unspecified atom stereocenters. The molecule has 0 bridgehead atoms. The average molecular weight is 347 g/mol. The fourth-order valence-corrected chi connectivity index (χ4v) is 2.75. The summed E-state index contributed by atoms with van der Waals surface area (Å²) in [6.45, 7) is 5.88. The maximum Gasteiger partial charge on any atom is 0.330 e. The Balaban J connectivity index is 1.73. The van der Waals surface area contributed by atoms with Crippen molar-refractivity contribution in [3.05, 3.63) is 70.0 Å². The molecule has 0 saturated carbocycles. The third-order valence-corrected chi connectivity index (χ3v) is 4.34. The van der Waals surface area contributed by atoms with Crippen LogP contribution in [0.2, 0.25) is 0 Å². The number of nitrogens with zero attached hydrogens (tertiary/aromatic N) is 4. The molecule has 0 radical (unpaired) electrons. The van der Waals surface area contributed by atoms with Crippen LogP contribution in [-0.4, -0.2) is 24.7 Å². The second-order valence-electron chi connectivity index (χ2n) is 6.20. The van der Waals surface area contributed by atoms with Crippen molar-refractivity contribution in [1.29, 1.82) is 0 Å². The lowest BCUT2D eigenvalue weighted by Gasteiger charge is -2.05. The van der Waals surface area contributed by atoms with Gasteiger partial charge in [0.2, 0.25) is 5.82 Å². The van der Waals surface area contributed by atoms with Crippen LogP contribution in [0.4, 0.5) is 0 Å². The van der Waals surface area contributed by atoms with Crippen LogP contribution >= 0.6 is 0 Å². The molecule has 3 aromatic heterocycles. The zero-order valence-corrected chi connectivity index (χ0v) is 14.6. The average Bonchev–Trinajstić information content (AvgIpc) is 3.25. The van der Waals surface area contributed by atoms with E-state index in [9.17, 15) is 4.79 Å². The zero-order valence-electron chi connectivity index (χ0n) is 14.6. The van der Waals surface area contributed by atoms with Crippen LogP contribution in [0.15, 0.2) is 52.0 Å². The third kappa shape index (κ3) is 2.73. The molecule has 1 N–H and O–H groups in total. The number of imidazole rings is 1. The molecule has 0 aliphatic heterocycles. The van der Waals surface area contributed by atoms with E-state index in [4.69, 9.17) is 4.52 Å². The number of hydrogen-bond donors (Lipinski definition) is 1. The number of benzene rings is 1. The minimum Gasteiger partial charge on any atom is -0.332 e. The van der Waals surface area contributed by atoms with E-state index in [1.54, 1.807) is 17.0 Å². The summed E-state index contributed by atoms with van der Waals surface area (Å²) < 4.78 is 6.97. The smallest absolute Gasteiger partial charge is 0.330 e. The number of H-pyrrole nitrogens is 1. The van der Waals surface area contributed by atoms with Crippen LogP contribution in [0, 0.1) is 20.8 Å². The Kier molecular flexibility index (Phi) is 3.76. The molecule has 0 aliphatic rings. The highest BCUT2D eigenvalue weighted by Crippen LogP contribution is 2.23. The molecule has 130 valence electrons. The summed E-state index contributed by atoms with van der Waals surface area (Å²) in [4.78, 5) is 23.5. The number of aromatic amines is 1. The monoisotopic (exact) mass is 347 g/mol. The highest BCUT2D eigenvalue weighted by Gasteiger charge is 2.14. The van der Waals surface area contributed by atoms with Crippen molar-refractivity contribution in [3.8, 4) is 28.7 Å². The lowest BCUT2D eigenvalue weighted by molar-refractivity contribution is 0.431. The van der Waals surface area contributed by atoms with Crippen molar-refractivity contribution < 1.29 is 4.52 Å². The van der Waals surface area contributed by atoms with Crippen molar-refractivity contribution >= 4 is 0 Å². The molecular weight excluding hydrogens is 330 g/mol. The maximum absolute atomic E-state index is 12.0. The van der Waals surface area contributed by atoms with Gasteiger partial charge in [-0.3, -0.25) is 9.55 Å². The summed E-state index contributed by atoms with van der Waals surface area (Å²) in [5, 5.41) is 4.06. The summed E-state index contributed by atoms with van der Waals surface area (Å²) in [6, 6.07) is 9.36. The van der Waals surface area contributed by atoms with E-state index in [-0.39, 0.29) is 5.69 Å². The second kappa shape index (κ2) is 6.11. The summed E-state index contributed by atoms with van der Waals surface area (Å²) in [5.41, 5.74) is 4.98. The molecule has 7 nitrogen and oxygen atoms in total. The number of hydrogen-bond acceptors (Lipinski definition) is 5. The predicted molar refractivity (Wildman–Crippen MR) is 97.1 cm³/mol. The Hall–Kier alpha value is -3.48. The molecule has 0 atom stereocenters. The summed E-state index contributed by atoms with van der Waals surface area (Å²) in [6.07, 6.45) is 3.46. The van der Waals surface area contributed by atoms with Crippen molar-refractivity contribution in [2.45, 2.75) is 20.8 Å². The molecule has 0 amide bonds. The van der Waals surface area contributed by atoms with E-state index in [2.05, 4.69) is 20.1 Å². The Bertz CT molecular complexity index is 1150. The number of rotatable bonds is 3. The van der Waals surface area contributed by atoms with Crippen molar-refractivity contribution in [2.75, 3.05) is 0 Å². The van der Waals surface area contributed by atoms with E-state index >= 15 is 0 Å². The first-order valence-electron chi connectivity index (χ1n) is 8.18. The van der Waals surface area contributed by atoms with Gasteiger partial charge in [0.1, 0.15) is 5.69 Å². The SMILES string of the molecule is Cc1cnc(-c2nc(-c3cccc(-n4c(C)c[nH]c4=O)c3)no2)cc1C. The predicted octanol–water partition coefficient (Wildman–Crippen LogP) is 3.20.